The van der Waals surface area contributed by atoms with Gasteiger partial charge in [0, 0.05) is 41.3 Å². The Labute approximate surface area is 128 Å². The monoisotopic (exact) mass is 354 g/mol. The van der Waals surface area contributed by atoms with E-state index in [1.165, 1.54) is 28.4 Å². The second-order valence-corrected chi connectivity index (χ2v) is 5.98. The zero-order valence-electron chi connectivity index (χ0n) is 10.7. The van der Waals surface area contributed by atoms with Crippen LogP contribution in [0.25, 0.3) is 6.08 Å². The molecule has 2 rings (SSSR count). The normalized spacial score (nSPS) is 10.9. The standard InChI is InChI=1S/C14H12BrFN2OS/c1-18(9-10-8-11(15)2-3-12(10)16)14(19)5-4-13-17-6-7-20-13/h2-8H,9H2,1H3/b5-4-. The highest BCUT2D eigenvalue weighted by atomic mass is 79.9. The van der Waals surface area contributed by atoms with E-state index in [9.17, 15) is 9.18 Å². The summed E-state index contributed by atoms with van der Waals surface area (Å²) in [6.07, 6.45) is 4.77. The molecule has 0 saturated heterocycles. The Hall–Kier alpha value is -1.53. The van der Waals surface area contributed by atoms with E-state index in [-0.39, 0.29) is 18.3 Å². The molecule has 0 N–H and O–H groups in total. The number of halogens is 2. The molecule has 1 amide bonds. The van der Waals surface area contributed by atoms with Crippen molar-refractivity contribution in [2.75, 3.05) is 7.05 Å². The third kappa shape index (κ3) is 3.98. The van der Waals surface area contributed by atoms with E-state index in [1.54, 1.807) is 31.5 Å². The number of thiazole rings is 1. The van der Waals surface area contributed by atoms with Gasteiger partial charge in [0.2, 0.25) is 5.91 Å². The van der Waals surface area contributed by atoms with Gasteiger partial charge in [-0.05, 0) is 24.3 Å². The molecule has 1 aromatic carbocycles. The number of carbonyl (C=O) groups excluding carboxylic acids is 1. The quantitative estimate of drug-likeness (QED) is 0.784. The molecule has 0 fully saturated rings. The van der Waals surface area contributed by atoms with Crippen molar-refractivity contribution in [1.29, 1.82) is 0 Å². The predicted octanol–water partition coefficient (Wildman–Crippen LogP) is 3.72. The lowest BCUT2D eigenvalue weighted by molar-refractivity contribution is -0.125. The lowest BCUT2D eigenvalue weighted by Crippen LogP contribution is -2.24. The van der Waals surface area contributed by atoms with Crippen molar-refractivity contribution in [1.82, 2.24) is 9.88 Å². The average Bonchev–Trinajstić information content (AvgIpc) is 2.93. The van der Waals surface area contributed by atoms with Gasteiger partial charge in [0.1, 0.15) is 10.8 Å². The minimum absolute atomic E-state index is 0.195. The van der Waals surface area contributed by atoms with Crippen LogP contribution in [0.15, 0.2) is 40.3 Å². The van der Waals surface area contributed by atoms with E-state index >= 15 is 0 Å². The first-order chi connectivity index (χ1) is 9.56. The molecule has 1 aromatic heterocycles. The van der Waals surface area contributed by atoms with Gasteiger partial charge in [-0.2, -0.15) is 0 Å². The Balaban J connectivity index is 2.02. The maximum Gasteiger partial charge on any atom is 0.246 e. The minimum atomic E-state index is -0.322. The van der Waals surface area contributed by atoms with Gasteiger partial charge in [-0.1, -0.05) is 15.9 Å². The Bertz CT molecular complexity index is 628. The number of hydrogen-bond acceptors (Lipinski definition) is 3. The fraction of sp³-hybridized carbons (Fsp3) is 0.143. The van der Waals surface area contributed by atoms with Gasteiger partial charge in [0.25, 0.3) is 0 Å². The smallest absolute Gasteiger partial charge is 0.246 e. The van der Waals surface area contributed by atoms with Crippen LogP contribution in [0.1, 0.15) is 10.6 Å². The molecule has 104 valence electrons. The van der Waals surface area contributed by atoms with Crippen molar-refractivity contribution in [2.45, 2.75) is 6.54 Å². The number of amides is 1. The highest BCUT2D eigenvalue weighted by molar-refractivity contribution is 9.10. The molecule has 2 aromatic rings. The average molecular weight is 355 g/mol. The van der Waals surface area contributed by atoms with E-state index in [4.69, 9.17) is 0 Å². The summed E-state index contributed by atoms with van der Waals surface area (Å²) in [5.41, 5.74) is 0.470. The van der Waals surface area contributed by atoms with Gasteiger partial charge in [-0.25, -0.2) is 9.37 Å². The van der Waals surface area contributed by atoms with Crippen molar-refractivity contribution in [3.63, 3.8) is 0 Å². The van der Waals surface area contributed by atoms with E-state index in [0.717, 1.165) is 9.48 Å². The predicted molar refractivity (Wildman–Crippen MR) is 81.7 cm³/mol. The summed E-state index contributed by atoms with van der Waals surface area (Å²) in [4.78, 5) is 17.4. The van der Waals surface area contributed by atoms with Gasteiger partial charge in [0.15, 0.2) is 0 Å². The highest BCUT2D eigenvalue weighted by Crippen LogP contribution is 2.17. The van der Waals surface area contributed by atoms with Crippen LogP contribution in [-0.4, -0.2) is 22.8 Å². The largest absolute Gasteiger partial charge is 0.338 e. The minimum Gasteiger partial charge on any atom is -0.338 e. The number of nitrogens with zero attached hydrogens (tertiary/aromatic N) is 2. The SMILES string of the molecule is CN(Cc1cc(Br)ccc1F)C(=O)/C=C\c1nccs1. The molecule has 6 heteroatoms. The van der Waals surface area contributed by atoms with Gasteiger partial charge < -0.3 is 4.90 Å². The molecule has 0 aliphatic heterocycles. The van der Waals surface area contributed by atoms with Crippen LogP contribution in [0.5, 0.6) is 0 Å². The van der Waals surface area contributed by atoms with E-state index < -0.39 is 0 Å². The number of carbonyl (C=O) groups is 1. The summed E-state index contributed by atoms with van der Waals surface area (Å²) in [5, 5.41) is 2.60. The van der Waals surface area contributed by atoms with E-state index in [0.29, 0.717) is 5.56 Å². The summed E-state index contributed by atoms with van der Waals surface area (Å²) in [6.45, 7) is 0.215. The summed E-state index contributed by atoms with van der Waals surface area (Å²) >= 11 is 4.74. The Morgan fingerprint density at radius 1 is 1.55 bits per heavy atom. The molecule has 0 atom stereocenters. The van der Waals surface area contributed by atoms with Crippen LogP contribution in [0.2, 0.25) is 0 Å². The number of rotatable bonds is 4. The fourth-order valence-electron chi connectivity index (χ4n) is 1.58. The topological polar surface area (TPSA) is 33.2 Å². The van der Waals surface area contributed by atoms with Crippen molar-refractivity contribution in [2.24, 2.45) is 0 Å². The van der Waals surface area contributed by atoms with Crippen molar-refractivity contribution >= 4 is 39.2 Å². The van der Waals surface area contributed by atoms with Crippen molar-refractivity contribution < 1.29 is 9.18 Å². The molecule has 0 radical (unpaired) electrons. The van der Waals surface area contributed by atoms with Gasteiger partial charge in [-0.3, -0.25) is 4.79 Å². The first kappa shape index (κ1) is 14.9. The molecule has 3 nitrogen and oxygen atoms in total. The Kier molecular flexibility index (Phi) is 5.03. The molecule has 0 unspecified atom stereocenters. The summed E-state index contributed by atoms with van der Waals surface area (Å²) in [6, 6.07) is 4.68. The van der Waals surface area contributed by atoms with Crippen LogP contribution >= 0.6 is 27.3 Å². The fourth-order valence-corrected chi connectivity index (χ4v) is 2.52. The van der Waals surface area contributed by atoms with Crippen LogP contribution in [0.3, 0.4) is 0 Å². The molecule has 1 heterocycles. The van der Waals surface area contributed by atoms with Crippen LogP contribution < -0.4 is 0 Å². The second kappa shape index (κ2) is 6.76. The van der Waals surface area contributed by atoms with E-state index in [2.05, 4.69) is 20.9 Å². The van der Waals surface area contributed by atoms with Gasteiger partial charge in [0.05, 0.1) is 0 Å². The van der Waals surface area contributed by atoms with Crippen LogP contribution in [0.4, 0.5) is 4.39 Å². The van der Waals surface area contributed by atoms with Crippen LogP contribution in [0, 0.1) is 5.82 Å². The van der Waals surface area contributed by atoms with E-state index in [1.807, 2.05) is 5.38 Å². The van der Waals surface area contributed by atoms with Gasteiger partial charge in [-0.15, -0.1) is 11.3 Å². The second-order valence-electron chi connectivity index (χ2n) is 4.13. The summed E-state index contributed by atoms with van der Waals surface area (Å²) in [7, 11) is 1.63. The first-order valence-corrected chi connectivity index (χ1v) is 7.50. The third-order valence-electron chi connectivity index (χ3n) is 2.61. The maximum atomic E-state index is 13.6. The molecule has 0 bridgehead atoms. The molecular weight excluding hydrogens is 343 g/mol. The highest BCUT2D eigenvalue weighted by Gasteiger charge is 2.10. The number of aromatic nitrogens is 1. The number of likely N-dealkylation sites (N-methyl/N-ethyl adjacent to an activating group) is 1. The van der Waals surface area contributed by atoms with Gasteiger partial charge >= 0.3 is 0 Å². The van der Waals surface area contributed by atoms with Crippen molar-refractivity contribution in [3.05, 3.63) is 56.7 Å². The Morgan fingerprint density at radius 3 is 3.05 bits per heavy atom. The zero-order valence-corrected chi connectivity index (χ0v) is 13.1. The molecule has 0 saturated carbocycles. The lowest BCUT2D eigenvalue weighted by Gasteiger charge is -2.15. The van der Waals surface area contributed by atoms with Crippen LogP contribution in [-0.2, 0) is 11.3 Å². The molecule has 0 aliphatic rings. The maximum absolute atomic E-state index is 13.6. The number of hydrogen-bond donors (Lipinski definition) is 0. The summed E-state index contributed by atoms with van der Waals surface area (Å²) < 4.78 is 14.4. The molecule has 0 aliphatic carbocycles. The Morgan fingerprint density at radius 2 is 2.35 bits per heavy atom. The third-order valence-corrected chi connectivity index (χ3v) is 3.85. The first-order valence-electron chi connectivity index (χ1n) is 5.83. The van der Waals surface area contributed by atoms with Crippen molar-refractivity contribution in [3.8, 4) is 0 Å². The summed E-state index contributed by atoms with van der Waals surface area (Å²) in [5.74, 6) is -0.517. The zero-order chi connectivity index (χ0) is 14.5. The molecule has 0 spiro atoms. The number of benzene rings is 1. The molecular formula is C14H12BrFN2OS. The lowest BCUT2D eigenvalue weighted by atomic mass is 10.2. The molecule has 20 heavy (non-hydrogen) atoms.